The van der Waals surface area contributed by atoms with Crippen LogP contribution in [0, 0.1) is 0 Å². The molecule has 1 nitrogen and oxygen atoms in total. The third-order valence-corrected chi connectivity index (χ3v) is 3.95. The van der Waals surface area contributed by atoms with Crippen LogP contribution in [0.5, 0.6) is 0 Å². The molecule has 0 spiro atoms. The summed E-state index contributed by atoms with van der Waals surface area (Å²) in [6.45, 7) is 0.952. The maximum Gasteiger partial charge on any atom is 0.129 e. The van der Waals surface area contributed by atoms with Crippen LogP contribution >= 0.6 is 35.1 Å². The average molecular weight is 230 g/mol. The molecule has 13 heavy (non-hydrogen) atoms. The zero-order valence-corrected chi connectivity index (χ0v) is 9.25. The first-order valence-corrected chi connectivity index (χ1v) is 6.13. The number of thioether (sulfide) groups is 2. The van der Waals surface area contributed by atoms with Crippen molar-refractivity contribution in [1.82, 2.24) is 0 Å². The summed E-state index contributed by atoms with van der Waals surface area (Å²) in [6, 6.07) is 7.87. The van der Waals surface area contributed by atoms with Crippen LogP contribution in [0.1, 0.15) is 0 Å². The summed E-state index contributed by atoms with van der Waals surface area (Å²) in [4.78, 5) is 5.53. The van der Waals surface area contributed by atoms with Gasteiger partial charge in [0.25, 0.3) is 0 Å². The molecule has 1 aromatic rings. The predicted molar refractivity (Wildman–Crippen MR) is 62.1 cm³/mol. The second-order valence-electron chi connectivity index (χ2n) is 2.56. The van der Waals surface area contributed by atoms with E-state index in [4.69, 9.17) is 11.6 Å². The predicted octanol–water partition coefficient (Wildman–Crippen LogP) is 3.53. The Morgan fingerprint density at radius 2 is 2.38 bits per heavy atom. The fourth-order valence-electron chi connectivity index (χ4n) is 1.01. The smallest absolute Gasteiger partial charge is 0.129 e. The molecule has 0 amide bonds. The van der Waals surface area contributed by atoms with E-state index in [2.05, 4.69) is 11.1 Å². The van der Waals surface area contributed by atoms with Crippen molar-refractivity contribution in [3.8, 4) is 0 Å². The number of hydrogen-bond donors (Lipinski definition) is 0. The lowest BCUT2D eigenvalue weighted by atomic mass is 10.4. The summed E-state index contributed by atoms with van der Waals surface area (Å²) >= 11 is 9.38. The number of benzene rings is 1. The lowest BCUT2D eigenvalue weighted by Crippen LogP contribution is -1.79. The van der Waals surface area contributed by atoms with Gasteiger partial charge < -0.3 is 0 Å². The largest absolute Gasteiger partial charge is 0.271 e. The van der Waals surface area contributed by atoms with E-state index in [1.165, 1.54) is 4.90 Å². The molecule has 0 N–H and O–H groups in total. The zero-order valence-electron chi connectivity index (χ0n) is 6.87. The second kappa shape index (κ2) is 4.40. The van der Waals surface area contributed by atoms with Crippen molar-refractivity contribution in [2.75, 3.05) is 12.3 Å². The number of rotatable bonds is 1. The lowest BCUT2D eigenvalue weighted by Gasteiger charge is -1.99. The summed E-state index contributed by atoms with van der Waals surface area (Å²) in [5.74, 6) is 1.11. The van der Waals surface area contributed by atoms with E-state index >= 15 is 0 Å². The molecule has 0 radical (unpaired) electrons. The average Bonchev–Trinajstić information content (AvgIpc) is 2.57. The molecule has 0 atom stereocenters. The van der Waals surface area contributed by atoms with Gasteiger partial charge in [-0.25, -0.2) is 0 Å². The van der Waals surface area contributed by atoms with Gasteiger partial charge in [-0.1, -0.05) is 41.2 Å². The molecule has 0 aliphatic carbocycles. The molecular weight excluding hydrogens is 222 g/mol. The fourth-order valence-corrected chi connectivity index (χ4v) is 3.27. The minimum atomic E-state index is 0.786. The van der Waals surface area contributed by atoms with Crippen molar-refractivity contribution in [2.45, 2.75) is 4.90 Å². The molecule has 68 valence electrons. The van der Waals surface area contributed by atoms with Crippen molar-refractivity contribution in [3.63, 3.8) is 0 Å². The van der Waals surface area contributed by atoms with E-state index in [-0.39, 0.29) is 0 Å². The molecule has 1 heterocycles. The Labute approximate surface area is 91.0 Å². The van der Waals surface area contributed by atoms with E-state index in [1.54, 1.807) is 11.8 Å². The Kier molecular flexibility index (Phi) is 3.19. The van der Waals surface area contributed by atoms with Gasteiger partial charge in [0, 0.05) is 15.7 Å². The SMILES string of the molecule is Clc1cccc(SC2=NCCS2)c1. The maximum atomic E-state index is 5.87. The molecular formula is C9H8ClNS2. The molecule has 0 unspecified atom stereocenters. The van der Waals surface area contributed by atoms with Gasteiger partial charge in [-0.15, -0.1) is 0 Å². The topological polar surface area (TPSA) is 12.4 Å². The second-order valence-corrected chi connectivity index (χ2v) is 5.40. The van der Waals surface area contributed by atoms with Gasteiger partial charge in [-0.3, -0.25) is 4.99 Å². The quantitative estimate of drug-likeness (QED) is 0.731. The Bertz CT molecular complexity index is 338. The summed E-state index contributed by atoms with van der Waals surface area (Å²) in [5, 5.41) is 0.786. The van der Waals surface area contributed by atoms with Crippen molar-refractivity contribution in [2.24, 2.45) is 4.99 Å². The Morgan fingerprint density at radius 3 is 3.08 bits per heavy atom. The van der Waals surface area contributed by atoms with Gasteiger partial charge in [0.2, 0.25) is 0 Å². The number of nitrogens with zero attached hydrogens (tertiary/aromatic N) is 1. The van der Waals surface area contributed by atoms with E-state index in [0.717, 1.165) is 21.7 Å². The van der Waals surface area contributed by atoms with Gasteiger partial charge in [0.15, 0.2) is 0 Å². The van der Waals surface area contributed by atoms with E-state index in [0.29, 0.717) is 0 Å². The van der Waals surface area contributed by atoms with E-state index in [1.807, 2.05) is 30.0 Å². The molecule has 0 fully saturated rings. The van der Waals surface area contributed by atoms with Gasteiger partial charge in [0.05, 0.1) is 6.54 Å². The highest BCUT2D eigenvalue weighted by atomic mass is 35.5. The first-order valence-electron chi connectivity index (χ1n) is 3.95. The van der Waals surface area contributed by atoms with Crippen LogP contribution in [0.15, 0.2) is 34.2 Å². The lowest BCUT2D eigenvalue weighted by molar-refractivity contribution is 1.18. The highest BCUT2D eigenvalue weighted by molar-refractivity contribution is 8.39. The molecule has 0 saturated carbocycles. The summed E-state index contributed by atoms with van der Waals surface area (Å²) in [7, 11) is 0. The van der Waals surface area contributed by atoms with Crippen LogP contribution in [0.3, 0.4) is 0 Å². The highest BCUT2D eigenvalue weighted by Crippen LogP contribution is 2.30. The minimum absolute atomic E-state index is 0.786. The van der Waals surface area contributed by atoms with Crippen molar-refractivity contribution >= 4 is 39.5 Å². The van der Waals surface area contributed by atoms with Gasteiger partial charge >= 0.3 is 0 Å². The summed E-state index contributed by atoms with van der Waals surface area (Å²) < 4.78 is 1.15. The van der Waals surface area contributed by atoms with Crippen molar-refractivity contribution in [3.05, 3.63) is 29.3 Å². The monoisotopic (exact) mass is 229 g/mol. The van der Waals surface area contributed by atoms with E-state index < -0.39 is 0 Å². The minimum Gasteiger partial charge on any atom is -0.271 e. The number of aliphatic imine (C=N–C) groups is 1. The van der Waals surface area contributed by atoms with E-state index in [9.17, 15) is 0 Å². The van der Waals surface area contributed by atoms with Crippen molar-refractivity contribution in [1.29, 1.82) is 0 Å². The van der Waals surface area contributed by atoms with Crippen LogP contribution in [0.2, 0.25) is 5.02 Å². The number of hydrogen-bond acceptors (Lipinski definition) is 3. The Morgan fingerprint density at radius 1 is 1.46 bits per heavy atom. The fraction of sp³-hybridized carbons (Fsp3) is 0.222. The molecule has 0 bridgehead atoms. The Balaban J connectivity index is 2.09. The number of halogens is 1. The van der Waals surface area contributed by atoms with Crippen molar-refractivity contribution < 1.29 is 0 Å². The molecule has 2 rings (SSSR count). The molecule has 1 aliphatic heterocycles. The van der Waals surface area contributed by atoms with Crippen LogP contribution in [0.4, 0.5) is 0 Å². The van der Waals surface area contributed by atoms with Gasteiger partial charge in [-0.2, -0.15) is 0 Å². The van der Waals surface area contributed by atoms with Gasteiger partial charge in [-0.05, 0) is 18.2 Å². The van der Waals surface area contributed by atoms with Crippen LogP contribution in [0.25, 0.3) is 0 Å². The third-order valence-electron chi connectivity index (χ3n) is 1.56. The molecule has 0 aromatic heterocycles. The molecule has 4 heteroatoms. The Hall–Kier alpha value is -0.120. The third kappa shape index (κ3) is 2.66. The first kappa shape index (κ1) is 9.44. The summed E-state index contributed by atoms with van der Waals surface area (Å²) in [5.41, 5.74) is 0. The van der Waals surface area contributed by atoms with Crippen LogP contribution < -0.4 is 0 Å². The standard InChI is InChI=1S/C9H8ClNS2/c10-7-2-1-3-8(6-7)13-9-11-4-5-12-9/h1-3,6H,4-5H2. The molecule has 1 aromatic carbocycles. The molecule has 0 saturated heterocycles. The highest BCUT2D eigenvalue weighted by Gasteiger charge is 2.08. The van der Waals surface area contributed by atoms with Gasteiger partial charge in [0.1, 0.15) is 4.38 Å². The maximum absolute atomic E-state index is 5.87. The summed E-state index contributed by atoms with van der Waals surface area (Å²) in [6.07, 6.45) is 0. The first-order chi connectivity index (χ1) is 6.34. The van der Waals surface area contributed by atoms with Crippen LogP contribution in [-0.2, 0) is 0 Å². The normalized spacial score (nSPS) is 15.9. The van der Waals surface area contributed by atoms with Crippen LogP contribution in [-0.4, -0.2) is 16.7 Å². The molecule has 1 aliphatic rings. The zero-order chi connectivity index (χ0) is 9.10.